The standard InChI is InChI=1S/C28H34N2O7/c1-18(27(32)29-13-12-23(31)21-17-30-22-11-6-5-10-20(21)22)9-7-8-14-37-28(33)19-15-24(34-2)26(36-4)25(16-19)35-3/h5-6,10-11,15-18,30H,7-9,12-14H2,1-4H3,(H,29,32). The van der Waals surface area contributed by atoms with Gasteiger partial charge in [-0.15, -0.1) is 0 Å². The van der Waals surface area contributed by atoms with Crippen LogP contribution in [0.5, 0.6) is 17.2 Å². The van der Waals surface area contributed by atoms with Crippen molar-refractivity contribution in [3.63, 3.8) is 0 Å². The molecule has 2 N–H and O–H groups in total. The molecule has 198 valence electrons. The van der Waals surface area contributed by atoms with Crippen LogP contribution in [0, 0.1) is 5.92 Å². The summed E-state index contributed by atoms with van der Waals surface area (Å²) in [5.41, 5.74) is 1.85. The van der Waals surface area contributed by atoms with Crippen LogP contribution in [0.1, 0.15) is 53.3 Å². The number of ether oxygens (including phenoxy) is 4. The molecular weight excluding hydrogens is 476 g/mol. The summed E-state index contributed by atoms with van der Waals surface area (Å²) in [4.78, 5) is 40.5. The molecule has 2 aromatic carbocycles. The second-order valence-corrected chi connectivity index (χ2v) is 8.66. The first kappa shape index (κ1) is 27.6. The highest BCUT2D eigenvalue weighted by Crippen LogP contribution is 2.38. The van der Waals surface area contributed by atoms with Crippen LogP contribution in [-0.4, -0.2) is 57.1 Å². The number of nitrogens with one attached hydrogen (secondary N) is 2. The van der Waals surface area contributed by atoms with E-state index in [1.165, 1.54) is 21.3 Å². The highest BCUT2D eigenvalue weighted by molar-refractivity contribution is 6.08. The van der Waals surface area contributed by atoms with Gasteiger partial charge in [0.1, 0.15) is 0 Å². The lowest BCUT2D eigenvalue weighted by Crippen LogP contribution is -2.31. The number of ketones is 1. The summed E-state index contributed by atoms with van der Waals surface area (Å²) in [6.45, 7) is 2.36. The average Bonchev–Trinajstić information content (AvgIpc) is 3.35. The van der Waals surface area contributed by atoms with E-state index in [-0.39, 0.29) is 37.2 Å². The molecule has 0 aliphatic carbocycles. The lowest BCUT2D eigenvalue weighted by molar-refractivity contribution is -0.124. The SMILES string of the molecule is COc1cc(C(=O)OCCCCC(C)C(=O)NCCC(=O)c2c[nH]c3ccccc23)cc(OC)c1OC. The molecule has 3 aromatic rings. The molecular formula is C28H34N2O7. The van der Waals surface area contributed by atoms with E-state index in [9.17, 15) is 14.4 Å². The van der Waals surface area contributed by atoms with E-state index < -0.39 is 5.97 Å². The number of amides is 1. The molecule has 0 saturated carbocycles. The van der Waals surface area contributed by atoms with Gasteiger partial charge in [0, 0.05) is 41.5 Å². The second kappa shape index (κ2) is 13.3. The summed E-state index contributed by atoms with van der Waals surface area (Å²) in [5.74, 6) is 0.323. The lowest BCUT2D eigenvalue weighted by Gasteiger charge is -2.14. The molecule has 1 atom stereocenters. The maximum absolute atomic E-state index is 12.5. The van der Waals surface area contributed by atoms with Crippen molar-refractivity contribution in [2.45, 2.75) is 32.6 Å². The van der Waals surface area contributed by atoms with Gasteiger partial charge >= 0.3 is 5.97 Å². The van der Waals surface area contributed by atoms with E-state index in [1.807, 2.05) is 31.2 Å². The van der Waals surface area contributed by atoms with Crippen LogP contribution in [0.25, 0.3) is 10.9 Å². The predicted molar refractivity (Wildman–Crippen MR) is 140 cm³/mol. The molecule has 9 heteroatoms. The number of para-hydroxylation sites is 1. The van der Waals surface area contributed by atoms with E-state index in [2.05, 4.69) is 10.3 Å². The molecule has 9 nitrogen and oxygen atoms in total. The molecule has 1 amide bonds. The van der Waals surface area contributed by atoms with Crippen molar-refractivity contribution < 1.29 is 33.3 Å². The Labute approximate surface area is 216 Å². The van der Waals surface area contributed by atoms with Crippen molar-refractivity contribution in [2.24, 2.45) is 5.92 Å². The van der Waals surface area contributed by atoms with Crippen LogP contribution in [0.2, 0.25) is 0 Å². The van der Waals surface area contributed by atoms with Gasteiger partial charge in [-0.1, -0.05) is 25.1 Å². The molecule has 0 spiro atoms. The van der Waals surface area contributed by atoms with Crippen molar-refractivity contribution in [1.29, 1.82) is 0 Å². The number of hydrogen-bond donors (Lipinski definition) is 2. The third-order valence-electron chi connectivity index (χ3n) is 6.15. The molecule has 3 rings (SSSR count). The number of Topliss-reactive ketones (excluding diaryl/α,β-unsaturated/α-hetero) is 1. The van der Waals surface area contributed by atoms with E-state index >= 15 is 0 Å². The molecule has 0 radical (unpaired) electrons. The van der Waals surface area contributed by atoms with Crippen LogP contribution in [-0.2, 0) is 9.53 Å². The quantitative estimate of drug-likeness (QED) is 0.186. The summed E-state index contributed by atoms with van der Waals surface area (Å²) < 4.78 is 21.2. The number of carbonyl (C=O) groups is 3. The van der Waals surface area contributed by atoms with Gasteiger partial charge in [-0.3, -0.25) is 9.59 Å². The van der Waals surface area contributed by atoms with Gasteiger partial charge in [0.05, 0.1) is 33.5 Å². The topological polar surface area (TPSA) is 116 Å². The normalized spacial score (nSPS) is 11.6. The number of H-pyrrole nitrogens is 1. The van der Waals surface area contributed by atoms with Crippen molar-refractivity contribution in [3.05, 3.63) is 53.7 Å². The van der Waals surface area contributed by atoms with Gasteiger partial charge in [0.25, 0.3) is 0 Å². The fourth-order valence-corrected chi connectivity index (χ4v) is 4.04. The molecule has 1 unspecified atom stereocenters. The number of esters is 1. The van der Waals surface area contributed by atoms with Gasteiger partial charge in [0.15, 0.2) is 17.3 Å². The average molecular weight is 511 g/mol. The zero-order valence-electron chi connectivity index (χ0n) is 21.7. The van der Waals surface area contributed by atoms with E-state index in [1.54, 1.807) is 18.3 Å². The molecule has 0 aliphatic rings. The minimum atomic E-state index is -0.495. The Balaban J connectivity index is 1.36. The first-order valence-electron chi connectivity index (χ1n) is 12.2. The molecule has 37 heavy (non-hydrogen) atoms. The van der Waals surface area contributed by atoms with Crippen LogP contribution in [0.15, 0.2) is 42.6 Å². The van der Waals surface area contributed by atoms with Crippen LogP contribution in [0.4, 0.5) is 0 Å². The largest absolute Gasteiger partial charge is 0.493 e. The number of fused-ring (bicyclic) bond motifs is 1. The Bertz CT molecular complexity index is 1210. The van der Waals surface area contributed by atoms with E-state index in [0.717, 1.165) is 10.9 Å². The number of aromatic nitrogens is 1. The van der Waals surface area contributed by atoms with Crippen LogP contribution < -0.4 is 19.5 Å². The molecule has 1 aromatic heterocycles. The number of rotatable bonds is 14. The van der Waals surface area contributed by atoms with Crippen LogP contribution >= 0.6 is 0 Å². The number of methoxy groups -OCH3 is 3. The molecule has 0 fully saturated rings. The number of unbranched alkanes of at least 4 members (excludes halogenated alkanes) is 1. The highest BCUT2D eigenvalue weighted by Gasteiger charge is 2.18. The Morgan fingerprint density at radius 1 is 0.973 bits per heavy atom. The number of aromatic amines is 1. The van der Waals surface area contributed by atoms with Crippen molar-refractivity contribution in [3.8, 4) is 17.2 Å². The summed E-state index contributed by atoms with van der Waals surface area (Å²) in [7, 11) is 4.45. The number of benzene rings is 2. The first-order valence-corrected chi connectivity index (χ1v) is 12.2. The van der Waals surface area contributed by atoms with Crippen molar-refractivity contribution >= 4 is 28.6 Å². The van der Waals surface area contributed by atoms with Gasteiger partial charge in [-0.25, -0.2) is 4.79 Å². The zero-order chi connectivity index (χ0) is 26.8. The van der Waals surface area contributed by atoms with Gasteiger partial charge in [0.2, 0.25) is 11.7 Å². The summed E-state index contributed by atoms with van der Waals surface area (Å²) in [6.07, 6.45) is 3.92. The lowest BCUT2D eigenvalue weighted by atomic mass is 10.0. The fourth-order valence-electron chi connectivity index (χ4n) is 4.04. The van der Waals surface area contributed by atoms with Gasteiger partial charge < -0.3 is 29.2 Å². The smallest absolute Gasteiger partial charge is 0.338 e. The predicted octanol–water partition coefficient (Wildman–Crippen LogP) is 4.55. The molecule has 1 heterocycles. The van der Waals surface area contributed by atoms with Crippen molar-refractivity contribution in [1.82, 2.24) is 10.3 Å². The zero-order valence-corrected chi connectivity index (χ0v) is 21.7. The summed E-state index contributed by atoms with van der Waals surface area (Å²) >= 11 is 0. The Kier molecular flexibility index (Phi) is 9.94. The Hall–Kier alpha value is -4.01. The maximum atomic E-state index is 12.5. The van der Waals surface area contributed by atoms with Gasteiger partial charge in [-0.05, 0) is 37.5 Å². The molecule has 0 aliphatic heterocycles. The summed E-state index contributed by atoms with van der Waals surface area (Å²) in [5, 5.41) is 3.73. The molecule has 0 saturated heterocycles. The number of carbonyl (C=O) groups excluding carboxylic acids is 3. The van der Waals surface area contributed by atoms with Crippen molar-refractivity contribution in [2.75, 3.05) is 34.5 Å². The number of hydrogen-bond acceptors (Lipinski definition) is 7. The maximum Gasteiger partial charge on any atom is 0.338 e. The third kappa shape index (κ3) is 7.03. The Morgan fingerprint density at radius 2 is 1.68 bits per heavy atom. The van der Waals surface area contributed by atoms with Gasteiger partial charge in [-0.2, -0.15) is 0 Å². The highest BCUT2D eigenvalue weighted by atomic mass is 16.5. The van der Waals surface area contributed by atoms with Crippen LogP contribution in [0.3, 0.4) is 0 Å². The fraction of sp³-hybridized carbons (Fsp3) is 0.393. The monoisotopic (exact) mass is 510 g/mol. The second-order valence-electron chi connectivity index (χ2n) is 8.66. The van der Waals surface area contributed by atoms with E-state index in [4.69, 9.17) is 18.9 Å². The minimum Gasteiger partial charge on any atom is -0.493 e. The first-order chi connectivity index (χ1) is 17.9. The van der Waals surface area contributed by atoms with E-state index in [0.29, 0.717) is 47.6 Å². The Morgan fingerprint density at radius 3 is 2.35 bits per heavy atom. The third-order valence-corrected chi connectivity index (χ3v) is 6.15. The molecule has 0 bridgehead atoms. The summed E-state index contributed by atoms with van der Waals surface area (Å²) in [6, 6.07) is 10.7. The minimum absolute atomic E-state index is 0.0145.